The zero-order chi connectivity index (χ0) is 10.8. The lowest BCUT2D eigenvalue weighted by atomic mass is 9.83. The van der Waals surface area contributed by atoms with Crippen molar-refractivity contribution < 1.29 is 13.6 Å². The van der Waals surface area contributed by atoms with Gasteiger partial charge in [0.2, 0.25) is 0 Å². The molecule has 1 aromatic carbocycles. The standard InChI is InChI=1S/C12H12F2O/c13-8-5-6-9(11(14)7-8)10-3-1-2-4-12(10)15/h5-7,10H,1-4H2. The molecule has 2 rings (SSSR count). The second-order valence-electron chi connectivity index (χ2n) is 3.93. The van der Waals surface area contributed by atoms with Crippen molar-refractivity contribution in [3.8, 4) is 0 Å². The van der Waals surface area contributed by atoms with E-state index in [0.29, 0.717) is 18.4 Å². The van der Waals surface area contributed by atoms with Crippen LogP contribution in [0.1, 0.15) is 37.2 Å². The fourth-order valence-electron chi connectivity index (χ4n) is 2.10. The summed E-state index contributed by atoms with van der Waals surface area (Å²) in [7, 11) is 0. The van der Waals surface area contributed by atoms with Gasteiger partial charge in [-0.05, 0) is 24.5 Å². The fourth-order valence-corrected chi connectivity index (χ4v) is 2.10. The van der Waals surface area contributed by atoms with E-state index in [1.165, 1.54) is 12.1 Å². The number of halogens is 2. The van der Waals surface area contributed by atoms with Crippen molar-refractivity contribution in [3.05, 3.63) is 35.4 Å². The molecule has 0 saturated heterocycles. The van der Waals surface area contributed by atoms with E-state index in [9.17, 15) is 13.6 Å². The predicted octanol–water partition coefficient (Wildman–Crippen LogP) is 3.19. The van der Waals surface area contributed by atoms with Crippen LogP contribution in [0, 0.1) is 11.6 Å². The van der Waals surface area contributed by atoms with Crippen LogP contribution in [-0.2, 0) is 4.79 Å². The largest absolute Gasteiger partial charge is 0.299 e. The summed E-state index contributed by atoms with van der Waals surface area (Å²) in [5, 5.41) is 0. The van der Waals surface area contributed by atoms with Crippen LogP contribution in [0.15, 0.2) is 18.2 Å². The number of carbonyl (C=O) groups is 1. The normalized spacial score (nSPS) is 21.7. The summed E-state index contributed by atoms with van der Waals surface area (Å²) in [4.78, 5) is 11.6. The smallest absolute Gasteiger partial charge is 0.140 e. The van der Waals surface area contributed by atoms with Crippen LogP contribution in [0.5, 0.6) is 0 Å². The van der Waals surface area contributed by atoms with E-state index in [4.69, 9.17) is 0 Å². The van der Waals surface area contributed by atoms with Gasteiger partial charge in [-0.15, -0.1) is 0 Å². The summed E-state index contributed by atoms with van der Waals surface area (Å²) in [6.07, 6.45) is 3.02. The van der Waals surface area contributed by atoms with Gasteiger partial charge in [-0.25, -0.2) is 8.78 Å². The third-order valence-corrected chi connectivity index (χ3v) is 2.89. The van der Waals surface area contributed by atoms with Crippen molar-refractivity contribution in [2.45, 2.75) is 31.6 Å². The van der Waals surface area contributed by atoms with Crippen LogP contribution < -0.4 is 0 Å². The molecule has 0 bridgehead atoms. The highest BCUT2D eigenvalue weighted by molar-refractivity contribution is 5.86. The van der Waals surface area contributed by atoms with Gasteiger partial charge in [0.05, 0.1) is 0 Å². The van der Waals surface area contributed by atoms with E-state index >= 15 is 0 Å². The molecular formula is C12H12F2O. The van der Waals surface area contributed by atoms with Crippen molar-refractivity contribution in [3.63, 3.8) is 0 Å². The van der Waals surface area contributed by atoms with E-state index < -0.39 is 11.6 Å². The lowest BCUT2D eigenvalue weighted by molar-refractivity contribution is -0.121. The number of benzene rings is 1. The van der Waals surface area contributed by atoms with Crippen molar-refractivity contribution in [2.75, 3.05) is 0 Å². The van der Waals surface area contributed by atoms with Gasteiger partial charge in [0.1, 0.15) is 17.4 Å². The summed E-state index contributed by atoms with van der Waals surface area (Å²) in [5.41, 5.74) is 0.348. The Morgan fingerprint density at radius 1 is 1.20 bits per heavy atom. The molecule has 1 unspecified atom stereocenters. The highest BCUT2D eigenvalue weighted by Gasteiger charge is 2.26. The van der Waals surface area contributed by atoms with Crippen molar-refractivity contribution in [1.29, 1.82) is 0 Å². The Morgan fingerprint density at radius 3 is 2.67 bits per heavy atom. The predicted molar refractivity (Wildman–Crippen MR) is 52.6 cm³/mol. The Morgan fingerprint density at radius 2 is 2.00 bits per heavy atom. The Hall–Kier alpha value is -1.25. The van der Waals surface area contributed by atoms with Crippen molar-refractivity contribution in [1.82, 2.24) is 0 Å². The summed E-state index contributed by atoms with van der Waals surface area (Å²) >= 11 is 0. The topological polar surface area (TPSA) is 17.1 Å². The molecule has 0 spiro atoms. The van der Waals surface area contributed by atoms with Crippen LogP contribution >= 0.6 is 0 Å². The summed E-state index contributed by atoms with van der Waals surface area (Å²) < 4.78 is 26.1. The Labute approximate surface area is 87.1 Å². The minimum Gasteiger partial charge on any atom is -0.299 e. The minimum atomic E-state index is -0.602. The van der Waals surface area contributed by atoms with Crippen LogP contribution in [0.3, 0.4) is 0 Å². The number of Topliss-reactive ketones (excluding diaryl/α,β-unsaturated/α-hetero) is 1. The molecule has 1 atom stereocenters. The number of carbonyl (C=O) groups excluding carboxylic acids is 1. The van der Waals surface area contributed by atoms with E-state index in [2.05, 4.69) is 0 Å². The lowest BCUT2D eigenvalue weighted by Crippen LogP contribution is -2.18. The number of hydrogen-bond acceptors (Lipinski definition) is 1. The van der Waals surface area contributed by atoms with E-state index in [1.54, 1.807) is 0 Å². The van der Waals surface area contributed by atoms with Gasteiger partial charge in [-0.3, -0.25) is 4.79 Å². The van der Waals surface area contributed by atoms with E-state index in [-0.39, 0.29) is 11.7 Å². The molecule has 1 nitrogen and oxygen atoms in total. The fraction of sp³-hybridized carbons (Fsp3) is 0.417. The zero-order valence-corrected chi connectivity index (χ0v) is 8.30. The molecular weight excluding hydrogens is 198 g/mol. The van der Waals surface area contributed by atoms with Gasteiger partial charge < -0.3 is 0 Å². The van der Waals surface area contributed by atoms with E-state index in [0.717, 1.165) is 18.9 Å². The van der Waals surface area contributed by atoms with Crippen molar-refractivity contribution in [2.24, 2.45) is 0 Å². The third kappa shape index (κ3) is 2.06. The maximum absolute atomic E-state index is 13.4. The first-order chi connectivity index (χ1) is 7.18. The molecule has 3 heteroatoms. The monoisotopic (exact) mass is 210 g/mol. The molecule has 0 amide bonds. The Balaban J connectivity index is 2.31. The maximum Gasteiger partial charge on any atom is 0.140 e. The number of rotatable bonds is 1. The minimum absolute atomic E-state index is 0.0757. The molecule has 15 heavy (non-hydrogen) atoms. The molecule has 1 aromatic rings. The summed E-state index contributed by atoms with van der Waals surface area (Å²) in [6, 6.07) is 3.44. The van der Waals surface area contributed by atoms with Gasteiger partial charge in [-0.2, -0.15) is 0 Å². The maximum atomic E-state index is 13.4. The molecule has 80 valence electrons. The average Bonchev–Trinajstić information content (AvgIpc) is 2.20. The van der Waals surface area contributed by atoms with Gasteiger partial charge in [0, 0.05) is 18.4 Å². The van der Waals surface area contributed by atoms with E-state index in [1.807, 2.05) is 0 Å². The second kappa shape index (κ2) is 4.09. The molecule has 1 fully saturated rings. The third-order valence-electron chi connectivity index (χ3n) is 2.89. The first kappa shape index (κ1) is 10.3. The molecule has 0 aromatic heterocycles. The van der Waals surface area contributed by atoms with Gasteiger partial charge >= 0.3 is 0 Å². The first-order valence-electron chi connectivity index (χ1n) is 5.16. The first-order valence-corrected chi connectivity index (χ1v) is 5.16. The zero-order valence-electron chi connectivity index (χ0n) is 8.30. The molecule has 0 heterocycles. The molecule has 0 aliphatic heterocycles. The number of hydrogen-bond donors (Lipinski definition) is 0. The van der Waals surface area contributed by atoms with Crippen LogP contribution in [0.25, 0.3) is 0 Å². The van der Waals surface area contributed by atoms with Crippen molar-refractivity contribution >= 4 is 5.78 Å². The Bertz CT molecular complexity index is 387. The quantitative estimate of drug-likeness (QED) is 0.695. The van der Waals surface area contributed by atoms with Gasteiger partial charge in [-0.1, -0.05) is 12.5 Å². The highest BCUT2D eigenvalue weighted by Crippen LogP contribution is 2.31. The van der Waals surface area contributed by atoms with Gasteiger partial charge in [0.25, 0.3) is 0 Å². The molecule has 1 saturated carbocycles. The molecule has 1 aliphatic rings. The molecule has 1 aliphatic carbocycles. The number of ketones is 1. The highest BCUT2D eigenvalue weighted by atomic mass is 19.1. The lowest BCUT2D eigenvalue weighted by Gasteiger charge is -2.21. The van der Waals surface area contributed by atoms with Gasteiger partial charge in [0.15, 0.2) is 0 Å². The SMILES string of the molecule is O=C1CCCCC1c1ccc(F)cc1F. The Kier molecular flexibility index (Phi) is 2.80. The summed E-state index contributed by atoms with van der Waals surface area (Å²) in [5.74, 6) is -1.49. The second-order valence-corrected chi connectivity index (χ2v) is 3.93. The van der Waals surface area contributed by atoms with Crippen LogP contribution in [0.2, 0.25) is 0 Å². The average molecular weight is 210 g/mol. The molecule has 0 N–H and O–H groups in total. The van der Waals surface area contributed by atoms with Crippen LogP contribution in [-0.4, -0.2) is 5.78 Å². The molecule has 0 radical (unpaired) electrons. The summed E-state index contributed by atoms with van der Waals surface area (Å²) in [6.45, 7) is 0. The van der Waals surface area contributed by atoms with Crippen LogP contribution in [0.4, 0.5) is 8.78 Å².